The van der Waals surface area contributed by atoms with E-state index in [1.54, 1.807) is 24.3 Å². The van der Waals surface area contributed by atoms with Crippen molar-refractivity contribution >= 4 is 17.5 Å². The van der Waals surface area contributed by atoms with Crippen molar-refractivity contribution in [2.75, 3.05) is 38.5 Å². The van der Waals surface area contributed by atoms with Gasteiger partial charge in [-0.2, -0.15) is 5.26 Å². The van der Waals surface area contributed by atoms with Gasteiger partial charge in [-0.05, 0) is 63.0 Å². The molecule has 0 aromatic heterocycles. The molecule has 0 aliphatic carbocycles. The highest BCUT2D eigenvalue weighted by atomic mass is 16.2. The number of amides is 2. The molecule has 1 aromatic carbocycles. The Bertz CT molecular complexity index is 725. The third-order valence-corrected chi connectivity index (χ3v) is 5.78. The van der Waals surface area contributed by atoms with Crippen LogP contribution in [0, 0.1) is 16.7 Å². The van der Waals surface area contributed by atoms with Crippen LogP contribution in [0.1, 0.15) is 44.1 Å². The summed E-state index contributed by atoms with van der Waals surface area (Å²) < 4.78 is 0. The molecule has 27 heavy (non-hydrogen) atoms. The van der Waals surface area contributed by atoms with Gasteiger partial charge in [0.15, 0.2) is 0 Å². The molecule has 6 nitrogen and oxygen atoms in total. The lowest BCUT2D eigenvalue weighted by molar-refractivity contribution is -0.137. The second-order valence-electron chi connectivity index (χ2n) is 7.97. The highest BCUT2D eigenvalue weighted by Crippen LogP contribution is 2.38. The van der Waals surface area contributed by atoms with E-state index in [2.05, 4.69) is 16.3 Å². The molecule has 1 N–H and O–H groups in total. The van der Waals surface area contributed by atoms with Crippen molar-refractivity contribution in [2.24, 2.45) is 5.41 Å². The molecule has 0 unspecified atom stereocenters. The first-order valence-corrected chi connectivity index (χ1v) is 9.76. The SMILES string of the molecule is CN1C[C@]2(CCCN(CCCC(=O)Nc3ccc(C#N)cc3)C2)CCC1=O. The van der Waals surface area contributed by atoms with Gasteiger partial charge in [-0.25, -0.2) is 0 Å². The number of hydrogen-bond acceptors (Lipinski definition) is 4. The molecule has 2 saturated heterocycles. The summed E-state index contributed by atoms with van der Waals surface area (Å²) in [5.74, 6) is 0.270. The standard InChI is InChI=1S/C21H28N4O2/c1-24-15-21(11-9-20(24)27)10-3-13-25(16-21)12-2-4-19(26)23-18-7-5-17(14-22)6-8-18/h5-8H,2-4,9-13,15-16H2,1H3,(H,23,26)/t21-/m0/s1. The zero-order chi connectivity index (χ0) is 19.3. The Morgan fingerprint density at radius 1 is 1.26 bits per heavy atom. The summed E-state index contributed by atoms with van der Waals surface area (Å²) in [7, 11) is 1.91. The summed E-state index contributed by atoms with van der Waals surface area (Å²) in [5, 5.41) is 11.7. The Morgan fingerprint density at radius 3 is 2.74 bits per heavy atom. The Balaban J connectivity index is 1.42. The number of rotatable bonds is 5. The van der Waals surface area contributed by atoms with E-state index in [1.807, 2.05) is 11.9 Å². The number of hydrogen-bond donors (Lipinski definition) is 1. The van der Waals surface area contributed by atoms with Crippen molar-refractivity contribution in [1.82, 2.24) is 9.80 Å². The van der Waals surface area contributed by atoms with E-state index < -0.39 is 0 Å². The maximum atomic E-state index is 12.1. The van der Waals surface area contributed by atoms with E-state index in [9.17, 15) is 9.59 Å². The van der Waals surface area contributed by atoms with Crippen LogP contribution in [0.2, 0.25) is 0 Å². The molecule has 2 fully saturated rings. The number of nitriles is 1. The van der Waals surface area contributed by atoms with E-state index in [0.717, 1.165) is 44.7 Å². The summed E-state index contributed by atoms with van der Waals surface area (Å²) in [4.78, 5) is 28.3. The fourth-order valence-electron chi connectivity index (χ4n) is 4.38. The molecule has 6 heteroatoms. The lowest BCUT2D eigenvalue weighted by Gasteiger charge is -2.47. The predicted molar refractivity (Wildman–Crippen MR) is 104 cm³/mol. The number of carbonyl (C=O) groups excluding carboxylic acids is 2. The third kappa shape index (κ3) is 5.08. The highest BCUT2D eigenvalue weighted by Gasteiger charge is 2.40. The molecular weight excluding hydrogens is 340 g/mol. The minimum absolute atomic E-state index is 0.00873. The largest absolute Gasteiger partial charge is 0.345 e. The molecule has 3 rings (SSSR count). The van der Waals surface area contributed by atoms with Crippen LogP contribution in [0.25, 0.3) is 0 Å². The first-order valence-electron chi connectivity index (χ1n) is 9.76. The van der Waals surface area contributed by atoms with Crippen molar-refractivity contribution < 1.29 is 9.59 Å². The first-order chi connectivity index (χ1) is 13.0. The normalized spacial score (nSPS) is 23.3. The zero-order valence-electron chi connectivity index (χ0n) is 16.0. The van der Waals surface area contributed by atoms with Crippen LogP contribution in [-0.4, -0.2) is 54.8 Å². The van der Waals surface area contributed by atoms with Gasteiger partial charge < -0.3 is 15.1 Å². The lowest BCUT2D eigenvalue weighted by Crippen LogP contribution is -2.53. The van der Waals surface area contributed by atoms with Gasteiger partial charge >= 0.3 is 0 Å². The average molecular weight is 368 g/mol. The summed E-state index contributed by atoms with van der Waals surface area (Å²) in [6, 6.07) is 8.99. The fraction of sp³-hybridized carbons (Fsp3) is 0.571. The zero-order valence-corrected chi connectivity index (χ0v) is 16.0. The van der Waals surface area contributed by atoms with Crippen LogP contribution in [0.15, 0.2) is 24.3 Å². The number of benzene rings is 1. The van der Waals surface area contributed by atoms with E-state index in [1.165, 1.54) is 12.8 Å². The number of piperidine rings is 2. The summed E-state index contributed by atoms with van der Waals surface area (Å²) >= 11 is 0. The van der Waals surface area contributed by atoms with Crippen molar-refractivity contribution in [1.29, 1.82) is 5.26 Å². The number of carbonyl (C=O) groups is 2. The molecule has 2 aliphatic rings. The molecule has 0 saturated carbocycles. The Morgan fingerprint density at radius 2 is 2.04 bits per heavy atom. The van der Waals surface area contributed by atoms with Crippen molar-refractivity contribution in [3.8, 4) is 6.07 Å². The van der Waals surface area contributed by atoms with Gasteiger partial charge in [0.1, 0.15) is 0 Å². The second kappa shape index (κ2) is 8.53. The molecule has 2 amide bonds. The summed E-state index contributed by atoms with van der Waals surface area (Å²) in [6.07, 6.45) is 5.33. The molecule has 0 radical (unpaired) electrons. The van der Waals surface area contributed by atoms with Crippen LogP contribution in [0.5, 0.6) is 0 Å². The van der Waals surface area contributed by atoms with Gasteiger partial charge in [-0.15, -0.1) is 0 Å². The van der Waals surface area contributed by atoms with Crippen LogP contribution in [0.4, 0.5) is 5.69 Å². The number of anilines is 1. The van der Waals surface area contributed by atoms with Crippen molar-refractivity contribution in [3.63, 3.8) is 0 Å². The number of nitrogens with one attached hydrogen (secondary N) is 1. The molecule has 1 aromatic rings. The average Bonchev–Trinajstić information content (AvgIpc) is 2.66. The van der Waals surface area contributed by atoms with Crippen LogP contribution in [-0.2, 0) is 9.59 Å². The second-order valence-corrected chi connectivity index (χ2v) is 7.97. The molecule has 144 valence electrons. The minimum Gasteiger partial charge on any atom is -0.345 e. The Labute approximate surface area is 161 Å². The number of likely N-dealkylation sites (tertiary alicyclic amines) is 2. The molecular formula is C21H28N4O2. The minimum atomic E-state index is 0.00873. The summed E-state index contributed by atoms with van der Waals surface area (Å²) in [5.41, 5.74) is 1.55. The van der Waals surface area contributed by atoms with Crippen LogP contribution >= 0.6 is 0 Å². The van der Waals surface area contributed by atoms with Crippen LogP contribution in [0.3, 0.4) is 0 Å². The van der Waals surface area contributed by atoms with Crippen molar-refractivity contribution in [3.05, 3.63) is 29.8 Å². The quantitative estimate of drug-likeness (QED) is 0.867. The topological polar surface area (TPSA) is 76.4 Å². The molecule has 1 atom stereocenters. The fourth-order valence-corrected chi connectivity index (χ4v) is 4.38. The van der Waals surface area contributed by atoms with E-state index in [0.29, 0.717) is 18.4 Å². The Hall–Kier alpha value is -2.39. The van der Waals surface area contributed by atoms with Crippen LogP contribution < -0.4 is 5.32 Å². The van der Waals surface area contributed by atoms with E-state index in [-0.39, 0.29) is 17.2 Å². The van der Waals surface area contributed by atoms with Gasteiger partial charge in [0, 0.05) is 44.1 Å². The van der Waals surface area contributed by atoms with E-state index >= 15 is 0 Å². The highest BCUT2D eigenvalue weighted by molar-refractivity contribution is 5.90. The van der Waals surface area contributed by atoms with Crippen molar-refractivity contribution in [2.45, 2.75) is 38.5 Å². The third-order valence-electron chi connectivity index (χ3n) is 5.78. The van der Waals surface area contributed by atoms with Gasteiger partial charge in [0.2, 0.25) is 11.8 Å². The predicted octanol–water partition coefficient (Wildman–Crippen LogP) is 2.61. The first kappa shape index (κ1) is 19.4. The van der Waals surface area contributed by atoms with Gasteiger partial charge in [-0.1, -0.05) is 0 Å². The maximum Gasteiger partial charge on any atom is 0.224 e. The van der Waals surface area contributed by atoms with Gasteiger partial charge in [0.25, 0.3) is 0 Å². The smallest absolute Gasteiger partial charge is 0.224 e. The number of nitrogens with zero attached hydrogens (tertiary/aromatic N) is 3. The monoisotopic (exact) mass is 368 g/mol. The lowest BCUT2D eigenvalue weighted by atomic mass is 9.73. The molecule has 2 heterocycles. The molecule has 2 aliphatic heterocycles. The van der Waals surface area contributed by atoms with Gasteiger partial charge in [0.05, 0.1) is 11.6 Å². The Kier molecular flexibility index (Phi) is 6.12. The van der Waals surface area contributed by atoms with Gasteiger partial charge in [-0.3, -0.25) is 9.59 Å². The summed E-state index contributed by atoms with van der Waals surface area (Å²) in [6.45, 7) is 3.89. The van der Waals surface area contributed by atoms with E-state index in [4.69, 9.17) is 5.26 Å². The molecule has 1 spiro atoms. The maximum absolute atomic E-state index is 12.1. The molecule has 0 bridgehead atoms.